The van der Waals surface area contributed by atoms with Gasteiger partial charge in [0.2, 0.25) is 0 Å². The molecule has 0 saturated carbocycles. The molecule has 1 unspecified atom stereocenters. The van der Waals surface area contributed by atoms with Crippen molar-refractivity contribution in [3.63, 3.8) is 0 Å². The van der Waals surface area contributed by atoms with Gasteiger partial charge in [0, 0.05) is 37.7 Å². The summed E-state index contributed by atoms with van der Waals surface area (Å²) in [6.07, 6.45) is 7.29. The van der Waals surface area contributed by atoms with E-state index >= 15 is 0 Å². The highest BCUT2D eigenvalue weighted by Crippen LogP contribution is 2.34. The van der Waals surface area contributed by atoms with E-state index in [9.17, 15) is 0 Å². The third-order valence-corrected chi connectivity index (χ3v) is 4.15. The second-order valence-electron chi connectivity index (χ2n) is 5.42. The molecular formula is C17H17N3. The number of nitrogens with zero attached hydrogens (tertiary/aromatic N) is 3. The Labute approximate surface area is 118 Å². The van der Waals surface area contributed by atoms with Crippen molar-refractivity contribution >= 4 is 5.65 Å². The minimum Gasteiger partial charge on any atom is -0.307 e. The van der Waals surface area contributed by atoms with Gasteiger partial charge in [-0.3, -0.25) is 4.90 Å². The van der Waals surface area contributed by atoms with Crippen LogP contribution in [0.1, 0.15) is 23.6 Å². The first kappa shape index (κ1) is 11.7. The van der Waals surface area contributed by atoms with E-state index in [2.05, 4.69) is 62.9 Å². The molecule has 1 fully saturated rings. The van der Waals surface area contributed by atoms with Crippen LogP contribution in [0.2, 0.25) is 0 Å². The molecule has 2 aromatic heterocycles. The normalized spacial score (nSPS) is 19.1. The predicted octanol–water partition coefficient (Wildman–Crippen LogP) is 3.28. The van der Waals surface area contributed by atoms with Crippen LogP contribution in [-0.2, 0) is 6.54 Å². The van der Waals surface area contributed by atoms with Gasteiger partial charge in [-0.25, -0.2) is 4.98 Å². The third kappa shape index (κ3) is 2.00. The summed E-state index contributed by atoms with van der Waals surface area (Å²) in [6.45, 7) is 2.19. The number of imidazole rings is 1. The van der Waals surface area contributed by atoms with Crippen molar-refractivity contribution in [2.45, 2.75) is 19.0 Å². The molecule has 4 rings (SSSR count). The molecule has 100 valence electrons. The molecule has 0 N–H and O–H groups in total. The zero-order valence-electron chi connectivity index (χ0n) is 11.3. The molecule has 3 aromatic rings. The molecule has 1 atom stereocenters. The van der Waals surface area contributed by atoms with Crippen molar-refractivity contribution in [2.24, 2.45) is 0 Å². The van der Waals surface area contributed by atoms with Gasteiger partial charge in [-0.05, 0) is 23.6 Å². The molecular weight excluding hydrogens is 246 g/mol. The highest BCUT2D eigenvalue weighted by atomic mass is 15.2. The number of hydrogen-bond acceptors (Lipinski definition) is 2. The van der Waals surface area contributed by atoms with Crippen LogP contribution in [0.25, 0.3) is 5.65 Å². The Morgan fingerprint density at radius 2 is 2.00 bits per heavy atom. The van der Waals surface area contributed by atoms with E-state index in [-0.39, 0.29) is 0 Å². The molecule has 1 saturated heterocycles. The summed E-state index contributed by atoms with van der Waals surface area (Å²) < 4.78 is 2.09. The first-order chi connectivity index (χ1) is 9.90. The molecule has 3 heterocycles. The number of hydrogen-bond donors (Lipinski definition) is 0. The molecule has 1 aromatic carbocycles. The molecule has 3 heteroatoms. The largest absolute Gasteiger partial charge is 0.307 e. The highest BCUT2D eigenvalue weighted by molar-refractivity contribution is 5.39. The number of likely N-dealkylation sites (tertiary alicyclic amines) is 1. The highest BCUT2D eigenvalue weighted by Gasteiger charge is 2.28. The average Bonchev–Trinajstić information content (AvgIpc) is 2.92. The lowest BCUT2D eigenvalue weighted by molar-refractivity contribution is 0.0818. The molecule has 0 radical (unpaired) electrons. The Morgan fingerprint density at radius 1 is 1.10 bits per heavy atom. The maximum absolute atomic E-state index is 4.29. The van der Waals surface area contributed by atoms with Crippen LogP contribution in [0.3, 0.4) is 0 Å². The lowest BCUT2D eigenvalue weighted by Gasteiger charge is -2.41. The van der Waals surface area contributed by atoms with Gasteiger partial charge in [0.1, 0.15) is 5.65 Å². The van der Waals surface area contributed by atoms with Gasteiger partial charge in [0.05, 0.1) is 0 Å². The molecule has 0 spiro atoms. The van der Waals surface area contributed by atoms with E-state index < -0.39 is 0 Å². The van der Waals surface area contributed by atoms with Crippen LogP contribution in [0.4, 0.5) is 0 Å². The van der Waals surface area contributed by atoms with E-state index in [1.54, 1.807) is 0 Å². The van der Waals surface area contributed by atoms with Crippen molar-refractivity contribution in [3.8, 4) is 0 Å². The number of benzene rings is 1. The van der Waals surface area contributed by atoms with Gasteiger partial charge >= 0.3 is 0 Å². The molecule has 20 heavy (non-hydrogen) atoms. The van der Waals surface area contributed by atoms with E-state index in [0.717, 1.165) is 12.2 Å². The van der Waals surface area contributed by atoms with Gasteiger partial charge in [0.25, 0.3) is 0 Å². The van der Waals surface area contributed by atoms with Crippen LogP contribution < -0.4 is 0 Å². The van der Waals surface area contributed by atoms with E-state index in [4.69, 9.17) is 0 Å². The van der Waals surface area contributed by atoms with Gasteiger partial charge in [-0.15, -0.1) is 0 Å². The SMILES string of the molecule is c1ccc(C2CCN2Cc2ccc3nccn3c2)cc1. The second kappa shape index (κ2) is 4.76. The van der Waals surface area contributed by atoms with Gasteiger partial charge in [-0.1, -0.05) is 36.4 Å². The van der Waals surface area contributed by atoms with Gasteiger partial charge in [0.15, 0.2) is 0 Å². The summed E-state index contributed by atoms with van der Waals surface area (Å²) in [5, 5.41) is 0. The molecule has 1 aliphatic rings. The smallest absolute Gasteiger partial charge is 0.136 e. The Balaban J connectivity index is 1.54. The standard InChI is InChI=1S/C17H17N3/c1-2-4-15(5-3-1)16-8-10-19(16)12-14-6-7-17-18-9-11-20(17)13-14/h1-7,9,11,13,16H,8,10,12H2. The summed E-state index contributed by atoms with van der Waals surface area (Å²) in [5.41, 5.74) is 3.79. The van der Waals surface area contributed by atoms with Crippen LogP contribution >= 0.6 is 0 Å². The lowest BCUT2D eigenvalue weighted by atomic mass is 9.94. The summed E-state index contributed by atoms with van der Waals surface area (Å²) in [6, 6.07) is 15.7. The summed E-state index contributed by atoms with van der Waals surface area (Å²) in [7, 11) is 0. The quantitative estimate of drug-likeness (QED) is 0.723. The van der Waals surface area contributed by atoms with Crippen molar-refractivity contribution in [3.05, 3.63) is 72.2 Å². The van der Waals surface area contributed by atoms with Crippen LogP contribution in [0.5, 0.6) is 0 Å². The summed E-state index contributed by atoms with van der Waals surface area (Å²) in [4.78, 5) is 6.82. The fourth-order valence-electron chi connectivity index (χ4n) is 2.98. The molecule has 0 bridgehead atoms. The van der Waals surface area contributed by atoms with Crippen molar-refractivity contribution < 1.29 is 0 Å². The van der Waals surface area contributed by atoms with Crippen LogP contribution in [-0.4, -0.2) is 20.8 Å². The fraction of sp³-hybridized carbons (Fsp3) is 0.235. The van der Waals surface area contributed by atoms with E-state index in [0.29, 0.717) is 6.04 Å². The minimum atomic E-state index is 0.578. The van der Waals surface area contributed by atoms with Crippen molar-refractivity contribution in [1.29, 1.82) is 0 Å². The fourth-order valence-corrected chi connectivity index (χ4v) is 2.98. The number of aromatic nitrogens is 2. The Morgan fingerprint density at radius 3 is 2.80 bits per heavy atom. The molecule has 3 nitrogen and oxygen atoms in total. The molecule has 1 aliphatic heterocycles. The van der Waals surface area contributed by atoms with Gasteiger partial charge in [-0.2, -0.15) is 0 Å². The Kier molecular flexibility index (Phi) is 2.78. The number of rotatable bonds is 3. The van der Waals surface area contributed by atoms with Crippen LogP contribution in [0, 0.1) is 0 Å². The maximum Gasteiger partial charge on any atom is 0.136 e. The number of fused-ring (bicyclic) bond motifs is 1. The maximum atomic E-state index is 4.29. The molecule has 0 amide bonds. The third-order valence-electron chi connectivity index (χ3n) is 4.15. The first-order valence-corrected chi connectivity index (χ1v) is 7.11. The lowest BCUT2D eigenvalue weighted by Crippen LogP contribution is -2.40. The predicted molar refractivity (Wildman–Crippen MR) is 79.4 cm³/mol. The monoisotopic (exact) mass is 263 g/mol. The van der Waals surface area contributed by atoms with E-state index in [1.807, 2.05) is 12.4 Å². The zero-order chi connectivity index (χ0) is 13.4. The Hall–Kier alpha value is -2.13. The van der Waals surface area contributed by atoms with Crippen molar-refractivity contribution in [2.75, 3.05) is 6.54 Å². The minimum absolute atomic E-state index is 0.578. The second-order valence-corrected chi connectivity index (χ2v) is 5.42. The Bertz CT molecular complexity index is 717. The van der Waals surface area contributed by atoms with Crippen molar-refractivity contribution in [1.82, 2.24) is 14.3 Å². The summed E-state index contributed by atoms with van der Waals surface area (Å²) >= 11 is 0. The topological polar surface area (TPSA) is 20.5 Å². The van der Waals surface area contributed by atoms with Gasteiger partial charge < -0.3 is 4.40 Å². The number of pyridine rings is 1. The average molecular weight is 263 g/mol. The first-order valence-electron chi connectivity index (χ1n) is 7.11. The van der Waals surface area contributed by atoms with Crippen LogP contribution in [0.15, 0.2) is 61.1 Å². The summed E-state index contributed by atoms with van der Waals surface area (Å²) in [5.74, 6) is 0. The zero-order valence-corrected chi connectivity index (χ0v) is 11.3. The van der Waals surface area contributed by atoms with E-state index in [1.165, 1.54) is 24.1 Å². The molecule has 0 aliphatic carbocycles.